The van der Waals surface area contributed by atoms with E-state index in [0.717, 1.165) is 21.9 Å². The molecule has 96 valence electrons. The van der Waals surface area contributed by atoms with Crippen LogP contribution in [0.1, 0.15) is 17.4 Å². The van der Waals surface area contributed by atoms with Gasteiger partial charge in [-0.3, -0.25) is 0 Å². The number of aromatic nitrogens is 1. The number of aliphatic hydroxyl groups excluding tert-OH is 1. The minimum absolute atomic E-state index is 0.185. The molecule has 1 atom stereocenters. The molecule has 3 N–H and O–H groups in total. The Hall–Kier alpha value is -1.43. The molecular formula is C13H16N2O2S. The number of thiazole rings is 1. The van der Waals surface area contributed by atoms with Crippen LogP contribution in [-0.2, 0) is 0 Å². The van der Waals surface area contributed by atoms with Crippen molar-refractivity contribution in [3.05, 3.63) is 34.8 Å². The lowest BCUT2D eigenvalue weighted by Crippen LogP contribution is -2.11. The lowest BCUT2D eigenvalue weighted by molar-refractivity contribution is 0.182. The highest BCUT2D eigenvalue weighted by Crippen LogP contribution is 2.29. The number of ether oxygens (including phenoxy) is 1. The summed E-state index contributed by atoms with van der Waals surface area (Å²) in [5, 5.41) is 12.3. The molecule has 2 rings (SSSR count). The molecule has 0 saturated heterocycles. The van der Waals surface area contributed by atoms with E-state index in [9.17, 15) is 5.11 Å². The van der Waals surface area contributed by atoms with Crippen LogP contribution in [0, 0.1) is 6.92 Å². The normalized spacial score (nSPS) is 12.4. The van der Waals surface area contributed by atoms with Crippen molar-refractivity contribution in [3.8, 4) is 16.3 Å². The summed E-state index contributed by atoms with van der Waals surface area (Å²) in [6, 6.07) is 5.91. The zero-order valence-corrected chi connectivity index (χ0v) is 11.2. The molecule has 0 bridgehead atoms. The highest BCUT2D eigenvalue weighted by Gasteiger charge is 2.11. The van der Waals surface area contributed by atoms with Crippen LogP contribution in [0.15, 0.2) is 23.6 Å². The fourth-order valence-corrected chi connectivity index (χ4v) is 2.57. The molecule has 0 aliphatic heterocycles. The summed E-state index contributed by atoms with van der Waals surface area (Å²) in [5.74, 6) is 0.859. The fourth-order valence-electron chi connectivity index (χ4n) is 1.70. The maximum absolute atomic E-state index is 9.63. The van der Waals surface area contributed by atoms with E-state index in [4.69, 9.17) is 10.5 Å². The number of aryl methyl sites for hydroxylation is 1. The van der Waals surface area contributed by atoms with Gasteiger partial charge in [0.15, 0.2) is 0 Å². The van der Waals surface area contributed by atoms with Crippen molar-refractivity contribution in [1.82, 2.24) is 4.98 Å². The zero-order chi connectivity index (χ0) is 13.1. The number of benzene rings is 1. The molecule has 0 aliphatic rings. The van der Waals surface area contributed by atoms with Crippen LogP contribution in [0.3, 0.4) is 0 Å². The summed E-state index contributed by atoms with van der Waals surface area (Å²) >= 11 is 1.50. The van der Waals surface area contributed by atoms with Gasteiger partial charge in [0.25, 0.3) is 0 Å². The van der Waals surface area contributed by atoms with Gasteiger partial charge in [-0.2, -0.15) is 0 Å². The SMILES string of the molecule is COc1ccc(-c2nc(C(O)CN)cs2)cc1C. The van der Waals surface area contributed by atoms with E-state index >= 15 is 0 Å². The van der Waals surface area contributed by atoms with Crippen LogP contribution in [0.5, 0.6) is 5.75 Å². The van der Waals surface area contributed by atoms with E-state index in [1.165, 1.54) is 11.3 Å². The monoisotopic (exact) mass is 264 g/mol. The number of methoxy groups -OCH3 is 1. The van der Waals surface area contributed by atoms with Crippen molar-refractivity contribution in [3.63, 3.8) is 0 Å². The van der Waals surface area contributed by atoms with Crippen molar-refractivity contribution in [2.75, 3.05) is 13.7 Å². The lowest BCUT2D eigenvalue weighted by Gasteiger charge is -2.05. The second-order valence-electron chi connectivity index (χ2n) is 4.01. The van der Waals surface area contributed by atoms with Crippen molar-refractivity contribution < 1.29 is 9.84 Å². The highest BCUT2D eigenvalue weighted by molar-refractivity contribution is 7.13. The molecule has 0 saturated carbocycles. The molecule has 0 spiro atoms. The Morgan fingerprint density at radius 1 is 1.50 bits per heavy atom. The Kier molecular flexibility index (Phi) is 3.96. The van der Waals surface area contributed by atoms with Crippen LogP contribution in [0.25, 0.3) is 10.6 Å². The summed E-state index contributed by atoms with van der Waals surface area (Å²) in [5.41, 5.74) is 8.13. The molecule has 18 heavy (non-hydrogen) atoms. The molecule has 0 radical (unpaired) electrons. The third kappa shape index (κ3) is 2.53. The van der Waals surface area contributed by atoms with Crippen LogP contribution in [0.2, 0.25) is 0 Å². The average molecular weight is 264 g/mol. The maximum Gasteiger partial charge on any atom is 0.123 e. The Morgan fingerprint density at radius 3 is 2.89 bits per heavy atom. The second-order valence-corrected chi connectivity index (χ2v) is 4.87. The van der Waals surface area contributed by atoms with Crippen molar-refractivity contribution >= 4 is 11.3 Å². The topological polar surface area (TPSA) is 68.4 Å². The first-order chi connectivity index (χ1) is 8.65. The third-order valence-corrected chi connectivity index (χ3v) is 3.64. The first-order valence-corrected chi connectivity index (χ1v) is 6.52. The largest absolute Gasteiger partial charge is 0.496 e. The van der Waals surface area contributed by atoms with Gasteiger partial charge in [-0.1, -0.05) is 0 Å². The van der Waals surface area contributed by atoms with E-state index in [2.05, 4.69) is 4.98 Å². The molecule has 1 unspecified atom stereocenters. The van der Waals surface area contributed by atoms with Gasteiger partial charge in [-0.15, -0.1) is 11.3 Å². The molecule has 5 heteroatoms. The minimum Gasteiger partial charge on any atom is -0.496 e. The Balaban J connectivity index is 2.31. The van der Waals surface area contributed by atoms with Crippen molar-refractivity contribution in [1.29, 1.82) is 0 Å². The molecule has 1 aromatic carbocycles. The van der Waals surface area contributed by atoms with E-state index in [-0.39, 0.29) is 6.54 Å². The van der Waals surface area contributed by atoms with E-state index in [1.807, 2.05) is 30.5 Å². The lowest BCUT2D eigenvalue weighted by atomic mass is 10.1. The van der Waals surface area contributed by atoms with E-state index in [1.54, 1.807) is 7.11 Å². The second kappa shape index (κ2) is 5.48. The highest BCUT2D eigenvalue weighted by atomic mass is 32.1. The van der Waals surface area contributed by atoms with Gasteiger partial charge >= 0.3 is 0 Å². The first-order valence-electron chi connectivity index (χ1n) is 5.64. The summed E-state index contributed by atoms with van der Waals surface area (Å²) < 4.78 is 5.22. The fraction of sp³-hybridized carbons (Fsp3) is 0.308. The van der Waals surface area contributed by atoms with Gasteiger partial charge < -0.3 is 15.6 Å². The predicted molar refractivity (Wildman–Crippen MR) is 72.9 cm³/mol. The Bertz CT molecular complexity index is 540. The van der Waals surface area contributed by atoms with Crippen LogP contribution in [0.4, 0.5) is 0 Å². The van der Waals surface area contributed by atoms with E-state index in [0.29, 0.717) is 5.69 Å². The third-order valence-electron chi connectivity index (χ3n) is 2.73. The number of aliphatic hydroxyl groups is 1. The number of hydrogen-bond donors (Lipinski definition) is 2. The molecule has 1 aromatic heterocycles. The zero-order valence-electron chi connectivity index (χ0n) is 10.4. The number of rotatable bonds is 4. The molecular weight excluding hydrogens is 248 g/mol. The predicted octanol–water partition coefficient (Wildman–Crippen LogP) is 2.12. The van der Waals surface area contributed by atoms with Gasteiger partial charge in [-0.25, -0.2) is 4.98 Å². The van der Waals surface area contributed by atoms with Crippen molar-refractivity contribution in [2.45, 2.75) is 13.0 Å². The molecule has 0 amide bonds. The van der Waals surface area contributed by atoms with Gasteiger partial charge in [0.2, 0.25) is 0 Å². The quantitative estimate of drug-likeness (QED) is 0.887. The standard InChI is InChI=1S/C13H16N2O2S/c1-8-5-9(3-4-12(8)17-2)13-15-10(7-18-13)11(16)6-14/h3-5,7,11,16H,6,14H2,1-2H3. The van der Waals surface area contributed by atoms with Crippen LogP contribution in [-0.4, -0.2) is 23.7 Å². The maximum atomic E-state index is 9.63. The average Bonchev–Trinajstić information content (AvgIpc) is 2.87. The smallest absolute Gasteiger partial charge is 0.123 e. The van der Waals surface area contributed by atoms with Crippen LogP contribution < -0.4 is 10.5 Å². The summed E-state index contributed by atoms with van der Waals surface area (Å²) in [6.45, 7) is 2.18. The van der Waals surface area contributed by atoms with Crippen molar-refractivity contribution in [2.24, 2.45) is 5.73 Å². The number of nitrogens with two attached hydrogens (primary N) is 1. The minimum atomic E-state index is -0.686. The summed E-state index contributed by atoms with van der Waals surface area (Å²) in [6.07, 6.45) is -0.686. The molecule has 0 fully saturated rings. The number of hydrogen-bond acceptors (Lipinski definition) is 5. The molecule has 1 heterocycles. The summed E-state index contributed by atoms with van der Waals surface area (Å²) in [4.78, 5) is 4.40. The Labute approximate surface area is 110 Å². The van der Waals surface area contributed by atoms with Gasteiger partial charge in [0, 0.05) is 17.5 Å². The van der Waals surface area contributed by atoms with Crippen LogP contribution >= 0.6 is 11.3 Å². The molecule has 2 aromatic rings. The summed E-state index contributed by atoms with van der Waals surface area (Å²) in [7, 11) is 1.65. The van der Waals surface area contributed by atoms with Gasteiger partial charge in [-0.05, 0) is 30.7 Å². The van der Waals surface area contributed by atoms with Gasteiger partial charge in [0.1, 0.15) is 16.9 Å². The molecule has 4 nitrogen and oxygen atoms in total. The Morgan fingerprint density at radius 2 is 2.28 bits per heavy atom. The number of nitrogens with zero attached hydrogens (tertiary/aromatic N) is 1. The van der Waals surface area contributed by atoms with E-state index < -0.39 is 6.10 Å². The molecule has 0 aliphatic carbocycles. The van der Waals surface area contributed by atoms with Gasteiger partial charge in [0.05, 0.1) is 12.8 Å². The first kappa shape index (κ1) is 13.0.